The molecule has 0 aliphatic heterocycles. The Kier molecular flexibility index (Phi) is 5.15. The van der Waals surface area contributed by atoms with Crippen LogP contribution in [-0.2, 0) is 9.59 Å². The lowest BCUT2D eigenvalue weighted by Gasteiger charge is -2.70. The number of fused-ring (bicyclic) bond motifs is 7. The molecule has 4 N–H and O–H groups in total. The van der Waals surface area contributed by atoms with Crippen LogP contribution in [-0.4, -0.2) is 50.0 Å². The van der Waals surface area contributed by atoms with E-state index in [1.807, 2.05) is 13.8 Å². The van der Waals surface area contributed by atoms with Crippen LogP contribution in [0.4, 0.5) is 0 Å². The van der Waals surface area contributed by atoms with E-state index in [0.717, 1.165) is 5.57 Å². The lowest BCUT2D eigenvalue weighted by molar-refractivity contribution is -0.216. The summed E-state index contributed by atoms with van der Waals surface area (Å²) in [6.45, 7) is 10.4. The fraction of sp³-hybridized carbons (Fsp3) is 0.857. The van der Waals surface area contributed by atoms with Crippen LogP contribution < -0.4 is 0 Å². The molecule has 0 aromatic carbocycles. The van der Waals surface area contributed by atoms with E-state index in [2.05, 4.69) is 26.8 Å². The molecule has 0 spiro atoms. The second-order valence-corrected chi connectivity index (χ2v) is 13.5. The highest BCUT2D eigenvalue weighted by atomic mass is 16.4. The van der Waals surface area contributed by atoms with Crippen molar-refractivity contribution < 1.29 is 30.0 Å². The minimum Gasteiger partial charge on any atom is -0.481 e. The number of Topliss-reactive ketones (excluding diaryl/α,β-unsaturated/α-hetero) is 1. The van der Waals surface area contributed by atoms with Crippen LogP contribution in [0.25, 0.3) is 0 Å². The molecule has 4 fully saturated rings. The maximum absolute atomic E-state index is 13.0. The lowest BCUT2D eigenvalue weighted by Crippen LogP contribution is -2.69. The Morgan fingerprint density at radius 1 is 1.03 bits per heavy atom. The standard InChI is InChI=1S/C28H42O6/c1-15-8-11-28(23(32)33)13-12-25(3)16(22(28)27(15,5)34)6-7-19-24(2)10-9-17(29)21(31)20(24)18(30)14-26(19,25)4/h6,15,17-20,22,29-30,34H,7-14H2,1-5H3,(H,32,33)/t15-,17+,18-,19-,20-,22+,24-,25-,26-,27-,28+/m1/s1. The number of carbonyl (C=O) groups is 2. The summed E-state index contributed by atoms with van der Waals surface area (Å²) in [4.78, 5) is 25.8. The Bertz CT molecular complexity index is 955. The van der Waals surface area contributed by atoms with Crippen molar-refractivity contribution in [2.45, 2.75) is 104 Å². The molecule has 0 aromatic heterocycles. The summed E-state index contributed by atoms with van der Waals surface area (Å²) >= 11 is 0. The number of aliphatic carboxylic acids is 1. The van der Waals surface area contributed by atoms with E-state index in [-0.39, 0.29) is 28.4 Å². The molecule has 6 nitrogen and oxygen atoms in total. The Morgan fingerprint density at radius 2 is 1.71 bits per heavy atom. The molecule has 0 aromatic rings. The smallest absolute Gasteiger partial charge is 0.310 e. The Labute approximate surface area is 202 Å². The van der Waals surface area contributed by atoms with E-state index in [1.54, 1.807) is 0 Å². The molecule has 5 aliphatic rings. The van der Waals surface area contributed by atoms with Crippen LogP contribution >= 0.6 is 0 Å². The molecule has 6 heteroatoms. The summed E-state index contributed by atoms with van der Waals surface area (Å²) in [7, 11) is 0. The van der Waals surface area contributed by atoms with E-state index in [0.29, 0.717) is 51.4 Å². The third kappa shape index (κ3) is 2.68. The Hall–Kier alpha value is -1.24. The van der Waals surface area contributed by atoms with Gasteiger partial charge in [-0.3, -0.25) is 9.59 Å². The molecule has 190 valence electrons. The monoisotopic (exact) mass is 474 g/mol. The van der Waals surface area contributed by atoms with Crippen LogP contribution in [0.5, 0.6) is 0 Å². The van der Waals surface area contributed by atoms with Crippen LogP contribution in [0, 0.1) is 45.3 Å². The molecule has 0 unspecified atom stereocenters. The molecule has 4 saturated carbocycles. The highest BCUT2D eigenvalue weighted by molar-refractivity contribution is 5.87. The summed E-state index contributed by atoms with van der Waals surface area (Å²) in [5.41, 5.74) is -2.17. The van der Waals surface area contributed by atoms with E-state index in [9.17, 15) is 30.0 Å². The molecule has 0 saturated heterocycles. The van der Waals surface area contributed by atoms with Gasteiger partial charge in [-0.05, 0) is 86.4 Å². The van der Waals surface area contributed by atoms with Crippen molar-refractivity contribution in [3.63, 3.8) is 0 Å². The zero-order chi connectivity index (χ0) is 25.1. The number of hydrogen-bond acceptors (Lipinski definition) is 5. The van der Waals surface area contributed by atoms with Crippen molar-refractivity contribution in [1.29, 1.82) is 0 Å². The Balaban J connectivity index is 1.66. The number of carbonyl (C=O) groups excluding carboxylic acids is 1. The predicted molar refractivity (Wildman–Crippen MR) is 127 cm³/mol. The zero-order valence-electron chi connectivity index (χ0n) is 21.3. The minimum absolute atomic E-state index is 0.00458. The van der Waals surface area contributed by atoms with E-state index < -0.39 is 46.4 Å². The molecular formula is C28H42O6. The molecule has 5 aliphatic carbocycles. The number of carboxylic acids is 1. The van der Waals surface area contributed by atoms with Gasteiger partial charge in [0.25, 0.3) is 0 Å². The number of ketones is 1. The third-order valence-corrected chi connectivity index (χ3v) is 12.3. The summed E-state index contributed by atoms with van der Waals surface area (Å²) in [5.74, 6) is -1.91. The first-order valence-electron chi connectivity index (χ1n) is 13.2. The van der Waals surface area contributed by atoms with Crippen LogP contribution in [0.1, 0.15) is 86.0 Å². The normalized spacial score (nSPS) is 56.9. The first-order valence-corrected chi connectivity index (χ1v) is 13.2. The van der Waals surface area contributed by atoms with E-state index in [4.69, 9.17) is 0 Å². The van der Waals surface area contributed by atoms with Gasteiger partial charge in [0.15, 0.2) is 5.78 Å². The predicted octanol–water partition coefficient (Wildman–Crippen LogP) is 3.72. The van der Waals surface area contributed by atoms with Gasteiger partial charge in [0.2, 0.25) is 0 Å². The van der Waals surface area contributed by atoms with Crippen molar-refractivity contribution >= 4 is 11.8 Å². The highest BCUT2D eigenvalue weighted by Gasteiger charge is 2.72. The van der Waals surface area contributed by atoms with Gasteiger partial charge >= 0.3 is 5.97 Å². The first-order chi connectivity index (χ1) is 15.7. The lowest BCUT2D eigenvalue weighted by atomic mass is 9.34. The van der Waals surface area contributed by atoms with Crippen molar-refractivity contribution in [2.75, 3.05) is 0 Å². The van der Waals surface area contributed by atoms with Gasteiger partial charge in [-0.1, -0.05) is 39.3 Å². The second kappa shape index (κ2) is 7.17. The Morgan fingerprint density at radius 3 is 2.35 bits per heavy atom. The van der Waals surface area contributed by atoms with Gasteiger partial charge in [0, 0.05) is 5.92 Å². The maximum Gasteiger partial charge on any atom is 0.310 e. The fourth-order valence-electron chi connectivity index (χ4n) is 9.97. The first kappa shape index (κ1) is 24.5. The van der Waals surface area contributed by atoms with Crippen molar-refractivity contribution in [2.24, 2.45) is 45.3 Å². The van der Waals surface area contributed by atoms with Crippen molar-refractivity contribution in [1.82, 2.24) is 0 Å². The van der Waals surface area contributed by atoms with Crippen LogP contribution in [0.15, 0.2) is 11.6 Å². The average Bonchev–Trinajstić information content (AvgIpc) is 2.74. The van der Waals surface area contributed by atoms with Crippen molar-refractivity contribution in [3.8, 4) is 0 Å². The molecule has 0 bridgehead atoms. The maximum atomic E-state index is 13.0. The summed E-state index contributed by atoms with van der Waals surface area (Å²) in [6.07, 6.45) is 5.16. The average molecular weight is 475 g/mol. The summed E-state index contributed by atoms with van der Waals surface area (Å²) in [5, 5.41) is 44.0. The van der Waals surface area contributed by atoms with Gasteiger partial charge in [0.1, 0.15) is 6.10 Å². The molecule has 11 atom stereocenters. The van der Waals surface area contributed by atoms with Gasteiger partial charge in [0.05, 0.1) is 23.0 Å². The molecule has 0 radical (unpaired) electrons. The molecule has 5 rings (SSSR count). The number of allylic oxidation sites excluding steroid dienone is 1. The number of aliphatic hydroxyl groups excluding tert-OH is 2. The van der Waals surface area contributed by atoms with Crippen molar-refractivity contribution in [3.05, 3.63) is 11.6 Å². The molecular weight excluding hydrogens is 432 g/mol. The highest BCUT2D eigenvalue weighted by Crippen LogP contribution is 2.74. The van der Waals surface area contributed by atoms with E-state index >= 15 is 0 Å². The number of carboxylic acid groups (broad SMARTS) is 1. The molecule has 0 amide bonds. The van der Waals surface area contributed by atoms with Gasteiger partial charge < -0.3 is 20.4 Å². The SMILES string of the molecule is C[C@@H]1CC[C@]2(C(=O)O)CC[C@]3(C)C(=CC[C@@H]4[C@@]5(C)CC[C@H](O)C(=O)[C@H]5[C@H](O)C[C@]43C)[C@H]2[C@]1(C)O. The quantitative estimate of drug-likeness (QED) is 0.431. The van der Waals surface area contributed by atoms with E-state index in [1.165, 1.54) is 0 Å². The third-order valence-electron chi connectivity index (χ3n) is 12.3. The fourth-order valence-corrected chi connectivity index (χ4v) is 9.97. The minimum atomic E-state index is -1.13. The topological polar surface area (TPSA) is 115 Å². The largest absolute Gasteiger partial charge is 0.481 e. The zero-order valence-corrected chi connectivity index (χ0v) is 21.3. The number of hydrogen-bond donors (Lipinski definition) is 4. The van der Waals surface area contributed by atoms with Gasteiger partial charge in [-0.25, -0.2) is 0 Å². The van der Waals surface area contributed by atoms with Gasteiger partial charge in [-0.2, -0.15) is 0 Å². The molecule has 0 heterocycles. The second-order valence-electron chi connectivity index (χ2n) is 13.5. The van der Waals surface area contributed by atoms with Gasteiger partial charge in [-0.15, -0.1) is 0 Å². The number of rotatable bonds is 1. The summed E-state index contributed by atoms with van der Waals surface area (Å²) in [6, 6.07) is 0. The summed E-state index contributed by atoms with van der Waals surface area (Å²) < 4.78 is 0. The van der Waals surface area contributed by atoms with Crippen LogP contribution in [0.2, 0.25) is 0 Å². The van der Waals surface area contributed by atoms with Crippen LogP contribution in [0.3, 0.4) is 0 Å². The molecule has 34 heavy (non-hydrogen) atoms. The number of aliphatic hydroxyl groups is 3.